The smallest absolute Gasteiger partial charge is 0.249 e. The zero-order chi connectivity index (χ0) is 74.6. The summed E-state index contributed by atoms with van der Waals surface area (Å²) in [5.41, 5.74) is 30.6. The van der Waals surface area contributed by atoms with Crippen LogP contribution in [0.1, 0.15) is 124 Å². The summed E-state index contributed by atoms with van der Waals surface area (Å²) in [4.78, 5) is 10.6. The first-order valence-electron chi connectivity index (χ1n) is 38.8. The quantitative estimate of drug-likeness (QED) is 0.133. The van der Waals surface area contributed by atoms with Gasteiger partial charge in [0.15, 0.2) is 0 Å². The van der Waals surface area contributed by atoms with Crippen LogP contribution >= 0.6 is 23.1 Å². The number of fused-ring (bicyclic) bond motifs is 12. The SMILES string of the molecule is CC(C)(C)c1ccc(-c2cc(C(C)(C)C)cc(-c3cccc(C(C)(C)C)c3)c2N2c3cc(N4c5ccccc5C(c5ccccc5)(c5ccccc5)c5ccccc54)ccc3B3c4ccc5sc6ccccc6c5c4Sc4cc(N5c6ccccc6C(c6ccccc6)(c6ccccc6)c6ccccc65)cc2c43)cc1. The van der Waals surface area contributed by atoms with E-state index in [1.54, 1.807) is 0 Å². The normalized spacial score (nSPS) is 14.4. The van der Waals surface area contributed by atoms with Gasteiger partial charge in [-0.1, -0.05) is 353 Å². The van der Waals surface area contributed by atoms with Gasteiger partial charge in [0.1, 0.15) is 0 Å². The van der Waals surface area contributed by atoms with Crippen molar-refractivity contribution in [3.05, 3.63) is 407 Å². The van der Waals surface area contributed by atoms with E-state index in [1.807, 2.05) is 23.1 Å². The van der Waals surface area contributed by atoms with E-state index in [0.29, 0.717) is 0 Å². The van der Waals surface area contributed by atoms with E-state index in [0.717, 1.165) is 56.7 Å². The van der Waals surface area contributed by atoms with Gasteiger partial charge in [-0.05, 0) is 172 Å². The van der Waals surface area contributed by atoms with Crippen LogP contribution in [0.15, 0.2) is 356 Å². The standard InChI is InChI=1S/C104H84BN3S2/c1-100(2,3)69-55-53-67(54-56-69)79-62-75(102(7,8)9)63-80(68-33-32-42-74(61-68)101(4,5)6)98(79)108-91-64-76(106-87-48-27-23-44-81(87)103(70-34-14-10-15-35-70,71-36-16-11-17-37-71)82-45-24-28-49-88(82)106)57-58-85(91)105-86-59-60-94-96(78-43-22-31-52-93(78)109-94)99(86)110-95-66-77(65-92(108)97(95)105)107-89-50-29-25-46-83(89)104(72-38-18-12-19-39-72,73-40-20-13-21-41-73)84-47-26-30-51-90(84)107/h10-66H,1-9H3. The first kappa shape index (κ1) is 67.7. The van der Waals surface area contributed by atoms with Gasteiger partial charge in [0, 0.05) is 63.8 Å². The molecule has 530 valence electrons. The molecule has 0 fully saturated rings. The lowest BCUT2D eigenvalue weighted by Crippen LogP contribution is -2.60. The van der Waals surface area contributed by atoms with Crippen molar-refractivity contribution in [1.82, 2.24) is 0 Å². The molecule has 0 unspecified atom stereocenters. The minimum absolute atomic E-state index is 0.0696. The van der Waals surface area contributed by atoms with Gasteiger partial charge < -0.3 is 14.7 Å². The first-order chi connectivity index (χ1) is 53.5. The topological polar surface area (TPSA) is 9.72 Å². The fourth-order valence-electron chi connectivity index (χ4n) is 18.9. The van der Waals surface area contributed by atoms with Crippen LogP contribution in [0, 0.1) is 0 Å². The Balaban J connectivity index is 0.940. The molecular weight excluding hydrogens is 1370 g/mol. The van der Waals surface area contributed by atoms with Crippen LogP contribution in [-0.2, 0) is 27.1 Å². The van der Waals surface area contributed by atoms with Gasteiger partial charge in [-0.25, -0.2) is 0 Å². The van der Waals surface area contributed by atoms with Crippen molar-refractivity contribution < 1.29 is 0 Å². The Kier molecular flexibility index (Phi) is 15.7. The summed E-state index contributed by atoms with van der Waals surface area (Å²) in [5, 5.41) is 2.63. The van der Waals surface area contributed by atoms with Crippen LogP contribution in [0.5, 0.6) is 0 Å². The third kappa shape index (κ3) is 10.3. The molecule has 0 saturated carbocycles. The van der Waals surface area contributed by atoms with Gasteiger partial charge in [-0.15, -0.1) is 11.3 Å². The number of thiophene rings is 1. The summed E-state index contributed by atoms with van der Waals surface area (Å²) in [6.45, 7) is 21.0. The van der Waals surface area contributed by atoms with E-state index in [1.165, 1.54) is 124 Å². The molecule has 20 rings (SSSR count). The Morgan fingerprint density at radius 2 is 0.745 bits per heavy atom. The summed E-state index contributed by atoms with van der Waals surface area (Å²) < 4.78 is 2.60. The van der Waals surface area contributed by atoms with Crippen LogP contribution in [0.3, 0.4) is 0 Å². The van der Waals surface area contributed by atoms with Crippen LogP contribution in [0.25, 0.3) is 42.4 Å². The highest BCUT2D eigenvalue weighted by Crippen LogP contribution is 2.62. The highest BCUT2D eigenvalue weighted by molar-refractivity contribution is 8.00. The van der Waals surface area contributed by atoms with Crippen LogP contribution in [0.4, 0.5) is 51.2 Å². The molecule has 0 radical (unpaired) electrons. The second-order valence-electron chi connectivity index (χ2n) is 33.5. The van der Waals surface area contributed by atoms with E-state index in [9.17, 15) is 0 Å². The Labute approximate surface area is 655 Å². The highest BCUT2D eigenvalue weighted by Gasteiger charge is 2.51. The lowest BCUT2D eigenvalue weighted by atomic mass is 9.34. The second-order valence-corrected chi connectivity index (χ2v) is 35.6. The first-order valence-corrected chi connectivity index (χ1v) is 40.5. The number of para-hydroxylation sites is 4. The molecule has 4 aliphatic rings. The van der Waals surface area contributed by atoms with Crippen molar-refractivity contribution in [2.75, 3.05) is 14.7 Å². The summed E-state index contributed by atoms with van der Waals surface area (Å²) in [6, 6.07) is 133. The second kappa shape index (κ2) is 25.5. The van der Waals surface area contributed by atoms with Crippen molar-refractivity contribution in [1.29, 1.82) is 0 Å². The van der Waals surface area contributed by atoms with E-state index < -0.39 is 10.8 Å². The number of anilines is 9. The van der Waals surface area contributed by atoms with Crippen molar-refractivity contribution in [3.63, 3.8) is 0 Å². The minimum Gasteiger partial charge on any atom is -0.310 e. The molecule has 110 heavy (non-hydrogen) atoms. The third-order valence-electron chi connectivity index (χ3n) is 24.1. The molecule has 0 saturated heterocycles. The van der Waals surface area contributed by atoms with E-state index in [-0.39, 0.29) is 23.0 Å². The average molecular weight is 1450 g/mol. The van der Waals surface area contributed by atoms with Gasteiger partial charge in [-0.3, -0.25) is 0 Å². The van der Waals surface area contributed by atoms with Crippen LogP contribution < -0.4 is 31.1 Å². The van der Waals surface area contributed by atoms with Gasteiger partial charge >= 0.3 is 0 Å². The number of benzene rings is 15. The summed E-state index contributed by atoms with van der Waals surface area (Å²) in [7, 11) is 0. The maximum atomic E-state index is 2.78. The Hall–Kier alpha value is -11.7. The fourth-order valence-corrected chi connectivity index (χ4v) is 21.5. The van der Waals surface area contributed by atoms with Gasteiger partial charge in [0.2, 0.25) is 6.71 Å². The molecule has 4 aliphatic heterocycles. The lowest BCUT2D eigenvalue weighted by molar-refractivity contribution is 0.589. The molecule has 3 nitrogen and oxygen atoms in total. The predicted octanol–water partition coefficient (Wildman–Crippen LogP) is 26.4. The number of hydrogen-bond donors (Lipinski definition) is 0. The summed E-state index contributed by atoms with van der Waals surface area (Å²) in [5.74, 6) is 0. The molecular formula is C104H84BN3S2. The lowest BCUT2D eigenvalue weighted by Gasteiger charge is -2.48. The van der Waals surface area contributed by atoms with Crippen LogP contribution in [0.2, 0.25) is 0 Å². The molecule has 0 bridgehead atoms. The largest absolute Gasteiger partial charge is 0.310 e. The molecule has 1 aromatic heterocycles. The van der Waals surface area contributed by atoms with Crippen molar-refractivity contribution in [2.45, 2.75) is 99.2 Å². The monoisotopic (exact) mass is 1450 g/mol. The third-order valence-corrected chi connectivity index (χ3v) is 26.4. The number of hydrogen-bond acceptors (Lipinski definition) is 5. The van der Waals surface area contributed by atoms with Crippen molar-refractivity contribution in [2.24, 2.45) is 0 Å². The minimum atomic E-state index is -0.670. The Morgan fingerprint density at radius 1 is 0.300 bits per heavy atom. The Morgan fingerprint density at radius 3 is 1.25 bits per heavy atom. The average Bonchev–Trinajstić information content (AvgIpc) is 0.766. The van der Waals surface area contributed by atoms with E-state index >= 15 is 0 Å². The van der Waals surface area contributed by atoms with Crippen molar-refractivity contribution >= 4 is 118 Å². The van der Waals surface area contributed by atoms with Gasteiger partial charge in [0.25, 0.3) is 0 Å². The molecule has 5 heterocycles. The molecule has 0 atom stereocenters. The highest BCUT2D eigenvalue weighted by atomic mass is 32.2. The van der Waals surface area contributed by atoms with Crippen molar-refractivity contribution in [3.8, 4) is 22.3 Å². The van der Waals surface area contributed by atoms with Crippen LogP contribution in [-0.4, -0.2) is 6.71 Å². The molecule has 15 aromatic carbocycles. The van der Waals surface area contributed by atoms with Gasteiger partial charge in [0.05, 0.1) is 39.3 Å². The Bertz CT molecular complexity index is 6160. The van der Waals surface area contributed by atoms with Gasteiger partial charge in [-0.2, -0.15) is 0 Å². The maximum absolute atomic E-state index is 2.78. The zero-order valence-electron chi connectivity index (χ0n) is 63.6. The molecule has 0 spiro atoms. The molecule has 6 heteroatoms. The predicted molar refractivity (Wildman–Crippen MR) is 469 cm³/mol. The molecule has 0 aliphatic carbocycles. The number of nitrogens with zero attached hydrogens (tertiary/aromatic N) is 3. The molecule has 16 aromatic rings. The molecule has 0 amide bonds. The number of rotatable bonds is 9. The summed E-state index contributed by atoms with van der Waals surface area (Å²) >= 11 is 3.88. The maximum Gasteiger partial charge on any atom is 0.249 e. The fraction of sp³-hybridized carbons (Fsp3) is 0.135. The molecule has 0 N–H and O–H groups in total. The van der Waals surface area contributed by atoms with E-state index in [2.05, 4.69) is 423 Å². The zero-order valence-corrected chi connectivity index (χ0v) is 65.3. The summed E-state index contributed by atoms with van der Waals surface area (Å²) in [6.07, 6.45) is 0. The van der Waals surface area contributed by atoms with E-state index in [4.69, 9.17) is 0 Å².